The Bertz CT molecular complexity index is 922. The molecule has 7 heteroatoms. The summed E-state index contributed by atoms with van der Waals surface area (Å²) in [5.41, 5.74) is 8.20. The van der Waals surface area contributed by atoms with E-state index in [1.54, 1.807) is 0 Å². The van der Waals surface area contributed by atoms with E-state index in [1.807, 2.05) is 54.6 Å². The molecule has 0 radical (unpaired) electrons. The molecular formula is C21H22N4O3. The van der Waals surface area contributed by atoms with Gasteiger partial charge in [0.15, 0.2) is 0 Å². The summed E-state index contributed by atoms with van der Waals surface area (Å²) in [6, 6.07) is 17.3. The maximum atomic E-state index is 12.2. The minimum atomic E-state index is -0.537. The van der Waals surface area contributed by atoms with E-state index >= 15 is 0 Å². The van der Waals surface area contributed by atoms with Crippen LogP contribution in [-0.2, 0) is 4.79 Å². The fraction of sp³-hybridized carbons (Fsp3) is 0.143. The maximum absolute atomic E-state index is 12.2. The van der Waals surface area contributed by atoms with E-state index in [-0.39, 0.29) is 17.1 Å². The van der Waals surface area contributed by atoms with Crippen LogP contribution in [0.1, 0.15) is 6.42 Å². The zero-order valence-corrected chi connectivity index (χ0v) is 15.3. The highest BCUT2D eigenvalue weighted by Crippen LogP contribution is 2.29. The minimum Gasteiger partial charge on any atom is -0.493 e. The summed E-state index contributed by atoms with van der Waals surface area (Å²) in [4.78, 5) is 23.6. The van der Waals surface area contributed by atoms with E-state index in [0.717, 1.165) is 16.9 Å². The predicted octanol–water partition coefficient (Wildman–Crippen LogP) is 2.24. The Morgan fingerprint density at radius 2 is 1.79 bits per heavy atom. The Kier molecular flexibility index (Phi) is 5.96. The Hall–Kier alpha value is -3.74. The van der Waals surface area contributed by atoms with Gasteiger partial charge in [-0.3, -0.25) is 4.79 Å². The summed E-state index contributed by atoms with van der Waals surface area (Å²) in [6.45, 7) is 4.40. The SMILES string of the molecule is C=C1NC(=O)NC(C(=O)NCCCOc2ccccc2-c2ccccc2)=C1N. The van der Waals surface area contributed by atoms with Crippen molar-refractivity contribution in [2.24, 2.45) is 5.73 Å². The lowest BCUT2D eigenvalue weighted by molar-refractivity contribution is -0.117. The lowest BCUT2D eigenvalue weighted by atomic mass is 10.1. The second kappa shape index (κ2) is 8.77. The van der Waals surface area contributed by atoms with Crippen LogP contribution in [0.4, 0.5) is 4.79 Å². The summed E-state index contributed by atoms with van der Waals surface area (Å²) < 4.78 is 5.89. The van der Waals surface area contributed by atoms with Crippen molar-refractivity contribution in [2.75, 3.05) is 13.2 Å². The highest BCUT2D eigenvalue weighted by molar-refractivity contribution is 6.00. The second-order valence-electron chi connectivity index (χ2n) is 6.17. The van der Waals surface area contributed by atoms with Gasteiger partial charge in [-0.2, -0.15) is 0 Å². The number of hydrogen-bond acceptors (Lipinski definition) is 4. The van der Waals surface area contributed by atoms with E-state index in [1.165, 1.54) is 0 Å². The number of rotatable bonds is 7. The molecule has 1 aliphatic heterocycles. The third-order valence-corrected chi connectivity index (χ3v) is 4.16. The van der Waals surface area contributed by atoms with Gasteiger partial charge in [0.1, 0.15) is 11.4 Å². The summed E-state index contributed by atoms with van der Waals surface area (Å²) in [5.74, 6) is 0.326. The topological polar surface area (TPSA) is 105 Å². The van der Waals surface area contributed by atoms with Crippen molar-refractivity contribution in [1.29, 1.82) is 0 Å². The van der Waals surface area contributed by atoms with Gasteiger partial charge in [-0.05, 0) is 18.1 Å². The maximum Gasteiger partial charge on any atom is 0.323 e. The van der Waals surface area contributed by atoms with Gasteiger partial charge in [-0.15, -0.1) is 0 Å². The normalized spacial score (nSPS) is 13.6. The molecule has 3 rings (SSSR count). The number of urea groups is 1. The monoisotopic (exact) mass is 378 g/mol. The highest BCUT2D eigenvalue weighted by atomic mass is 16.5. The summed E-state index contributed by atoms with van der Waals surface area (Å²) in [6.07, 6.45) is 0.592. The average Bonchev–Trinajstić information content (AvgIpc) is 2.71. The molecular weight excluding hydrogens is 356 g/mol. The average molecular weight is 378 g/mol. The van der Waals surface area contributed by atoms with Gasteiger partial charge in [0, 0.05) is 12.1 Å². The molecule has 0 bridgehead atoms. The lowest BCUT2D eigenvalue weighted by Gasteiger charge is -2.20. The molecule has 0 spiro atoms. The third-order valence-electron chi connectivity index (χ3n) is 4.16. The van der Waals surface area contributed by atoms with E-state index in [0.29, 0.717) is 19.6 Å². The first-order chi connectivity index (χ1) is 13.6. The van der Waals surface area contributed by atoms with Gasteiger partial charge in [-0.1, -0.05) is 55.1 Å². The van der Waals surface area contributed by atoms with E-state index in [4.69, 9.17) is 10.5 Å². The number of ether oxygens (including phenoxy) is 1. The van der Waals surface area contributed by atoms with Crippen molar-refractivity contribution in [1.82, 2.24) is 16.0 Å². The largest absolute Gasteiger partial charge is 0.493 e. The molecule has 2 aromatic rings. The summed E-state index contributed by atoms with van der Waals surface area (Å²) in [5, 5.41) is 7.51. The Balaban J connectivity index is 1.51. The second-order valence-corrected chi connectivity index (χ2v) is 6.17. The smallest absolute Gasteiger partial charge is 0.323 e. The van der Waals surface area contributed by atoms with Crippen LogP contribution in [-0.4, -0.2) is 25.1 Å². The number of benzene rings is 2. The Morgan fingerprint density at radius 1 is 1.07 bits per heavy atom. The molecule has 28 heavy (non-hydrogen) atoms. The van der Waals surface area contributed by atoms with Crippen molar-refractivity contribution in [3.05, 3.63) is 78.3 Å². The molecule has 5 N–H and O–H groups in total. The minimum absolute atomic E-state index is 0.00379. The van der Waals surface area contributed by atoms with Crippen LogP contribution < -0.4 is 26.4 Å². The van der Waals surface area contributed by atoms with Gasteiger partial charge >= 0.3 is 6.03 Å². The summed E-state index contributed by atoms with van der Waals surface area (Å²) in [7, 11) is 0. The molecule has 1 aliphatic rings. The first-order valence-corrected chi connectivity index (χ1v) is 8.88. The molecule has 0 saturated heterocycles. The number of para-hydroxylation sites is 1. The molecule has 1 heterocycles. The highest BCUT2D eigenvalue weighted by Gasteiger charge is 2.23. The Morgan fingerprint density at radius 3 is 2.57 bits per heavy atom. The van der Waals surface area contributed by atoms with Crippen molar-refractivity contribution < 1.29 is 14.3 Å². The quantitative estimate of drug-likeness (QED) is 0.555. The van der Waals surface area contributed by atoms with Gasteiger partial charge in [-0.25, -0.2) is 4.79 Å². The molecule has 2 aromatic carbocycles. The molecule has 7 nitrogen and oxygen atoms in total. The zero-order chi connectivity index (χ0) is 19.9. The van der Waals surface area contributed by atoms with Crippen LogP contribution in [0.3, 0.4) is 0 Å². The van der Waals surface area contributed by atoms with Crippen LogP contribution in [0, 0.1) is 0 Å². The molecule has 0 atom stereocenters. The fourth-order valence-electron chi connectivity index (χ4n) is 2.74. The van der Waals surface area contributed by atoms with Crippen molar-refractivity contribution in [3.63, 3.8) is 0 Å². The first kappa shape index (κ1) is 19.0. The molecule has 144 valence electrons. The zero-order valence-electron chi connectivity index (χ0n) is 15.3. The molecule has 3 amide bonds. The number of carbonyl (C=O) groups is 2. The van der Waals surface area contributed by atoms with Gasteiger partial charge in [0.2, 0.25) is 0 Å². The number of nitrogens with one attached hydrogen (secondary N) is 3. The van der Waals surface area contributed by atoms with Crippen molar-refractivity contribution in [3.8, 4) is 16.9 Å². The lowest BCUT2D eigenvalue weighted by Crippen LogP contribution is -2.47. The standard InChI is InChI=1S/C21H22N4O3/c1-14-18(22)19(25-21(27)24-14)20(26)23-12-7-13-28-17-11-6-5-10-16(17)15-8-3-2-4-9-15/h2-6,8-11H,1,7,12-13,22H2,(H,23,26)(H2,24,25,27). The van der Waals surface area contributed by atoms with E-state index in [2.05, 4.69) is 22.5 Å². The molecule has 0 unspecified atom stereocenters. The van der Waals surface area contributed by atoms with Crippen LogP contribution in [0.2, 0.25) is 0 Å². The molecule has 0 fully saturated rings. The molecule has 0 aliphatic carbocycles. The number of hydrogen-bond donors (Lipinski definition) is 4. The number of carbonyl (C=O) groups excluding carboxylic acids is 2. The number of nitrogens with two attached hydrogens (primary N) is 1. The van der Waals surface area contributed by atoms with Crippen LogP contribution >= 0.6 is 0 Å². The van der Waals surface area contributed by atoms with E-state index < -0.39 is 11.9 Å². The first-order valence-electron chi connectivity index (χ1n) is 8.88. The van der Waals surface area contributed by atoms with Gasteiger partial charge in [0.25, 0.3) is 5.91 Å². The van der Waals surface area contributed by atoms with Crippen LogP contribution in [0.25, 0.3) is 11.1 Å². The third kappa shape index (κ3) is 4.50. The molecule has 0 aromatic heterocycles. The van der Waals surface area contributed by atoms with Crippen LogP contribution in [0.5, 0.6) is 5.75 Å². The van der Waals surface area contributed by atoms with E-state index in [9.17, 15) is 9.59 Å². The fourth-order valence-corrected chi connectivity index (χ4v) is 2.74. The Labute approximate surface area is 163 Å². The number of amides is 3. The van der Waals surface area contributed by atoms with Crippen LogP contribution in [0.15, 0.2) is 78.3 Å². The van der Waals surface area contributed by atoms with Crippen molar-refractivity contribution >= 4 is 11.9 Å². The van der Waals surface area contributed by atoms with Crippen molar-refractivity contribution in [2.45, 2.75) is 6.42 Å². The molecule has 0 saturated carbocycles. The predicted molar refractivity (Wildman–Crippen MR) is 107 cm³/mol. The van der Waals surface area contributed by atoms with Gasteiger partial charge < -0.3 is 26.4 Å². The summed E-state index contributed by atoms with van der Waals surface area (Å²) >= 11 is 0. The van der Waals surface area contributed by atoms with Gasteiger partial charge in [0.05, 0.1) is 18.0 Å².